The lowest BCUT2D eigenvalue weighted by atomic mass is 10.0. The molecule has 1 heterocycles. The van der Waals surface area contributed by atoms with Gasteiger partial charge in [-0.05, 0) is 41.4 Å². The molecule has 1 aromatic rings. The SMILES string of the molecule is COC(C)(CN)c1oc(Br)cc1C. The van der Waals surface area contributed by atoms with Crippen LogP contribution in [0.1, 0.15) is 18.2 Å². The van der Waals surface area contributed by atoms with Crippen LogP contribution in [0.5, 0.6) is 0 Å². The fourth-order valence-electron chi connectivity index (χ4n) is 1.24. The molecule has 0 spiro atoms. The average molecular weight is 248 g/mol. The summed E-state index contributed by atoms with van der Waals surface area (Å²) in [6.07, 6.45) is 0. The van der Waals surface area contributed by atoms with E-state index in [9.17, 15) is 0 Å². The summed E-state index contributed by atoms with van der Waals surface area (Å²) in [6.45, 7) is 4.27. The third-order valence-corrected chi connectivity index (χ3v) is 2.60. The van der Waals surface area contributed by atoms with Gasteiger partial charge in [-0.25, -0.2) is 0 Å². The van der Waals surface area contributed by atoms with E-state index in [1.54, 1.807) is 7.11 Å². The third-order valence-electron chi connectivity index (χ3n) is 2.21. The molecule has 0 fully saturated rings. The topological polar surface area (TPSA) is 48.4 Å². The van der Waals surface area contributed by atoms with Gasteiger partial charge in [0.25, 0.3) is 0 Å². The second-order valence-corrected chi connectivity index (χ2v) is 3.98. The molecule has 0 saturated heterocycles. The lowest BCUT2D eigenvalue weighted by Gasteiger charge is -2.24. The van der Waals surface area contributed by atoms with E-state index in [2.05, 4.69) is 15.9 Å². The zero-order valence-corrected chi connectivity index (χ0v) is 9.64. The highest BCUT2D eigenvalue weighted by molar-refractivity contribution is 9.10. The minimum Gasteiger partial charge on any atom is -0.451 e. The molecule has 4 heteroatoms. The molecule has 0 aliphatic carbocycles. The van der Waals surface area contributed by atoms with Crippen molar-refractivity contribution in [3.8, 4) is 0 Å². The van der Waals surface area contributed by atoms with Gasteiger partial charge in [0.15, 0.2) is 4.67 Å². The molecule has 0 amide bonds. The Hall–Kier alpha value is -0.320. The number of rotatable bonds is 3. The molecule has 0 aromatic carbocycles. The first kappa shape index (κ1) is 10.8. The van der Waals surface area contributed by atoms with Crippen molar-refractivity contribution in [3.05, 3.63) is 22.1 Å². The Morgan fingerprint density at radius 1 is 1.69 bits per heavy atom. The quantitative estimate of drug-likeness (QED) is 0.891. The number of halogens is 1. The summed E-state index contributed by atoms with van der Waals surface area (Å²) in [4.78, 5) is 0. The summed E-state index contributed by atoms with van der Waals surface area (Å²) in [6, 6.07) is 1.91. The molecule has 2 N–H and O–H groups in total. The molecule has 3 nitrogen and oxygen atoms in total. The van der Waals surface area contributed by atoms with Crippen LogP contribution in [0.15, 0.2) is 15.2 Å². The molecule has 1 rings (SSSR count). The molecule has 74 valence electrons. The molecule has 0 aliphatic rings. The van der Waals surface area contributed by atoms with Crippen molar-refractivity contribution < 1.29 is 9.15 Å². The zero-order valence-electron chi connectivity index (χ0n) is 8.06. The smallest absolute Gasteiger partial charge is 0.169 e. The van der Waals surface area contributed by atoms with Gasteiger partial charge in [0, 0.05) is 13.7 Å². The van der Waals surface area contributed by atoms with Gasteiger partial charge in [-0.1, -0.05) is 0 Å². The van der Waals surface area contributed by atoms with Gasteiger partial charge < -0.3 is 14.9 Å². The Bertz CT molecular complexity index is 292. The Labute approximate surface area is 86.4 Å². The molecule has 0 radical (unpaired) electrons. The number of aryl methyl sites for hydroxylation is 1. The lowest BCUT2D eigenvalue weighted by molar-refractivity contribution is -0.00904. The van der Waals surface area contributed by atoms with Gasteiger partial charge in [0.2, 0.25) is 0 Å². The van der Waals surface area contributed by atoms with Gasteiger partial charge in [0.05, 0.1) is 0 Å². The third kappa shape index (κ3) is 1.95. The summed E-state index contributed by atoms with van der Waals surface area (Å²) in [5.74, 6) is 0.782. The van der Waals surface area contributed by atoms with Crippen LogP contribution < -0.4 is 5.73 Å². The summed E-state index contributed by atoms with van der Waals surface area (Å²) in [5.41, 5.74) is 6.14. The van der Waals surface area contributed by atoms with Crippen LogP contribution >= 0.6 is 15.9 Å². The van der Waals surface area contributed by atoms with Crippen LogP contribution in [0.25, 0.3) is 0 Å². The van der Waals surface area contributed by atoms with E-state index < -0.39 is 5.60 Å². The van der Waals surface area contributed by atoms with Gasteiger partial charge >= 0.3 is 0 Å². The maximum atomic E-state index is 5.63. The summed E-state index contributed by atoms with van der Waals surface area (Å²) in [7, 11) is 1.63. The predicted molar refractivity (Wildman–Crippen MR) is 54.6 cm³/mol. The highest BCUT2D eigenvalue weighted by Crippen LogP contribution is 2.30. The average Bonchev–Trinajstić information content (AvgIpc) is 2.44. The summed E-state index contributed by atoms with van der Waals surface area (Å²) in [5, 5.41) is 0. The summed E-state index contributed by atoms with van der Waals surface area (Å²) >= 11 is 3.27. The van der Waals surface area contributed by atoms with Crippen molar-refractivity contribution in [2.45, 2.75) is 19.4 Å². The zero-order chi connectivity index (χ0) is 10.1. The minimum atomic E-state index is -0.532. The van der Waals surface area contributed by atoms with Crippen LogP contribution in [-0.4, -0.2) is 13.7 Å². The van der Waals surface area contributed by atoms with E-state index in [-0.39, 0.29) is 0 Å². The Kier molecular flexibility index (Phi) is 3.16. The van der Waals surface area contributed by atoms with E-state index in [0.29, 0.717) is 11.2 Å². The number of hydrogen-bond donors (Lipinski definition) is 1. The fourth-order valence-corrected chi connectivity index (χ4v) is 1.74. The normalized spacial score (nSPS) is 15.8. The van der Waals surface area contributed by atoms with E-state index in [1.807, 2.05) is 19.9 Å². The Morgan fingerprint density at radius 3 is 2.62 bits per heavy atom. The van der Waals surface area contributed by atoms with E-state index in [0.717, 1.165) is 11.3 Å². The molecule has 13 heavy (non-hydrogen) atoms. The Morgan fingerprint density at radius 2 is 2.31 bits per heavy atom. The summed E-state index contributed by atoms with van der Waals surface area (Å²) < 4.78 is 11.5. The first-order chi connectivity index (χ1) is 6.03. The largest absolute Gasteiger partial charge is 0.451 e. The number of hydrogen-bond acceptors (Lipinski definition) is 3. The van der Waals surface area contributed by atoms with Crippen LogP contribution in [-0.2, 0) is 10.3 Å². The molecule has 1 aromatic heterocycles. The van der Waals surface area contributed by atoms with Crippen LogP contribution in [0.4, 0.5) is 0 Å². The van der Waals surface area contributed by atoms with Gasteiger partial charge in [0.1, 0.15) is 11.4 Å². The van der Waals surface area contributed by atoms with Crippen molar-refractivity contribution in [2.24, 2.45) is 5.73 Å². The van der Waals surface area contributed by atoms with Crippen molar-refractivity contribution in [2.75, 3.05) is 13.7 Å². The van der Waals surface area contributed by atoms with E-state index >= 15 is 0 Å². The molecule has 0 saturated carbocycles. The maximum absolute atomic E-state index is 5.63. The molecule has 1 unspecified atom stereocenters. The minimum absolute atomic E-state index is 0.393. The second kappa shape index (κ2) is 3.82. The van der Waals surface area contributed by atoms with E-state index in [1.165, 1.54) is 0 Å². The molecule has 0 aliphatic heterocycles. The van der Waals surface area contributed by atoms with Gasteiger partial charge in [-0.3, -0.25) is 0 Å². The number of ether oxygens (including phenoxy) is 1. The monoisotopic (exact) mass is 247 g/mol. The van der Waals surface area contributed by atoms with Crippen LogP contribution in [0.3, 0.4) is 0 Å². The highest BCUT2D eigenvalue weighted by atomic mass is 79.9. The van der Waals surface area contributed by atoms with E-state index in [4.69, 9.17) is 14.9 Å². The fraction of sp³-hybridized carbons (Fsp3) is 0.556. The standard InChI is InChI=1S/C9H14BrNO2/c1-6-4-7(10)13-8(6)9(2,5-11)12-3/h4H,5,11H2,1-3H3. The second-order valence-electron chi connectivity index (χ2n) is 3.20. The van der Waals surface area contributed by atoms with Crippen molar-refractivity contribution in [1.29, 1.82) is 0 Å². The molecule has 1 atom stereocenters. The van der Waals surface area contributed by atoms with Crippen molar-refractivity contribution in [3.63, 3.8) is 0 Å². The Balaban J connectivity index is 3.11. The molecular weight excluding hydrogens is 234 g/mol. The van der Waals surface area contributed by atoms with Crippen molar-refractivity contribution >= 4 is 15.9 Å². The van der Waals surface area contributed by atoms with Gasteiger partial charge in [-0.15, -0.1) is 0 Å². The molecular formula is C9H14BrNO2. The first-order valence-electron chi connectivity index (χ1n) is 4.05. The number of furan rings is 1. The number of nitrogens with two attached hydrogens (primary N) is 1. The maximum Gasteiger partial charge on any atom is 0.169 e. The van der Waals surface area contributed by atoms with Crippen LogP contribution in [0.2, 0.25) is 0 Å². The highest BCUT2D eigenvalue weighted by Gasteiger charge is 2.30. The molecule has 0 bridgehead atoms. The first-order valence-corrected chi connectivity index (χ1v) is 4.84. The predicted octanol–water partition coefficient (Wildman–Crippen LogP) is 2.17. The van der Waals surface area contributed by atoms with Crippen molar-refractivity contribution in [1.82, 2.24) is 0 Å². The van der Waals surface area contributed by atoms with Crippen LogP contribution in [0, 0.1) is 6.92 Å². The number of methoxy groups -OCH3 is 1. The lowest BCUT2D eigenvalue weighted by Crippen LogP contribution is -2.33. The van der Waals surface area contributed by atoms with Gasteiger partial charge in [-0.2, -0.15) is 0 Å².